The van der Waals surface area contributed by atoms with Crippen LogP contribution < -0.4 is 19.5 Å². The van der Waals surface area contributed by atoms with Gasteiger partial charge in [-0.1, -0.05) is 25.1 Å². The third-order valence-electron chi connectivity index (χ3n) is 3.43. The summed E-state index contributed by atoms with van der Waals surface area (Å²) in [6.45, 7) is 4.34. The van der Waals surface area contributed by atoms with Crippen molar-refractivity contribution in [3.63, 3.8) is 0 Å². The second-order valence-corrected chi connectivity index (χ2v) is 5.11. The van der Waals surface area contributed by atoms with Crippen LogP contribution in [0.5, 0.6) is 17.2 Å². The van der Waals surface area contributed by atoms with Crippen LogP contribution in [0.25, 0.3) is 0 Å². The van der Waals surface area contributed by atoms with Crippen LogP contribution in [0.1, 0.15) is 20.3 Å². The highest BCUT2D eigenvalue weighted by molar-refractivity contribution is 5.95. The molecule has 0 spiro atoms. The molecule has 2 aromatic rings. The zero-order chi connectivity index (χ0) is 17.4. The van der Waals surface area contributed by atoms with Crippen LogP contribution in [0, 0.1) is 0 Å². The molecule has 1 unspecified atom stereocenters. The normalized spacial score (nSPS) is 11.5. The molecular weight excluding hydrogens is 306 g/mol. The Morgan fingerprint density at radius 1 is 1.08 bits per heavy atom. The van der Waals surface area contributed by atoms with Gasteiger partial charge in [-0.15, -0.1) is 0 Å². The number of hydrogen-bond donors (Lipinski definition) is 1. The average molecular weight is 329 g/mol. The number of benzene rings is 2. The third-order valence-corrected chi connectivity index (χ3v) is 3.43. The number of carbonyl (C=O) groups is 1. The van der Waals surface area contributed by atoms with Crippen molar-refractivity contribution in [2.45, 2.75) is 26.4 Å². The zero-order valence-electron chi connectivity index (χ0n) is 14.2. The molecule has 24 heavy (non-hydrogen) atoms. The minimum absolute atomic E-state index is 0.215. The molecule has 0 saturated heterocycles. The van der Waals surface area contributed by atoms with E-state index in [4.69, 9.17) is 14.2 Å². The van der Waals surface area contributed by atoms with Crippen molar-refractivity contribution in [2.75, 3.05) is 19.0 Å². The topological polar surface area (TPSA) is 56.8 Å². The standard InChI is InChI=1S/C19H23NO4/c1-4-17(24-15-10-8-9-14(13-15)22-3)19(21)20-16-11-6-7-12-18(16)23-5-2/h6-13,17H,4-5H2,1-3H3,(H,20,21). The highest BCUT2D eigenvalue weighted by Crippen LogP contribution is 2.25. The predicted molar refractivity (Wildman–Crippen MR) is 93.9 cm³/mol. The van der Waals surface area contributed by atoms with Crippen LogP contribution in [-0.2, 0) is 4.79 Å². The molecule has 0 heterocycles. The Bertz CT molecular complexity index is 672. The molecule has 1 amide bonds. The van der Waals surface area contributed by atoms with E-state index in [-0.39, 0.29) is 5.91 Å². The van der Waals surface area contributed by atoms with Gasteiger partial charge in [-0.2, -0.15) is 0 Å². The van der Waals surface area contributed by atoms with E-state index in [9.17, 15) is 4.79 Å². The molecule has 0 bridgehead atoms. The molecule has 128 valence electrons. The van der Waals surface area contributed by atoms with Crippen molar-refractivity contribution in [1.29, 1.82) is 0 Å². The van der Waals surface area contributed by atoms with Crippen molar-refractivity contribution in [3.8, 4) is 17.2 Å². The average Bonchev–Trinajstić information content (AvgIpc) is 2.61. The van der Waals surface area contributed by atoms with Gasteiger partial charge in [0.1, 0.15) is 17.2 Å². The Morgan fingerprint density at radius 2 is 1.83 bits per heavy atom. The van der Waals surface area contributed by atoms with Crippen molar-refractivity contribution in [2.24, 2.45) is 0 Å². The zero-order valence-corrected chi connectivity index (χ0v) is 14.2. The van der Waals surface area contributed by atoms with Gasteiger partial charge in [0.15, 0.2) is 6.10 Å². The van der Waals surface area contributed by atoms with Gasteiger partial charge in [-0.05, 0) is 37.6 Å². The molecule has 0 fully saturated rings. The summed E-state index contributed by atoms with van der Waals surface area (Å²) < 4.78 is 16.5. The van der Waals surface area contributed by atoms with Crippen LogP contribution in [0.3, 0.4) is 0 Å². The summed E-state index contributed by atoms with van der Waals surface area (Å²) in [5, 5.41) is 2.88. The SMILES string of the molecule is CCOc1ccccc1NC(=O)C(CC)Oc1cccc(OC)c1. The molecule has 0 saturated carbocycles. The van der Waals surface area contributed by atoms with Crippen molar-refractivity contribution in [1.82, 2.24) is 0 Å². The van der Waals surface area contributed by atoms with Gasteiger partial charge in [-0.3, -0.25) is 4.79 Å². The molecule has 2 rings (SSSR count). The Kier molecular flexibility index (Phi) is 6.49. The van der Waals surface area contributed by atoms with Gasteiger partial charge in [0.2, 0.25) is 0 Å². The number of carbonyl (C=O) groups excluding carboxylic acids is 1. The number of anilines is 1. The first-order valence-electron chi connectivity index (χ1n) is 8.01. The van der Waals surface area contributed by atoms with Crippen molar-refractivity contribution < 1.29 is 19.0 Å². The minimum Gasteiger partial charge on any atom is -0.497 e. The van der Waals surface area contributed by atoms with E-state index in [0.29, 0.717) is 36.0 Å². The van der Waals surface area contributed by atoms with Gasteiger partial charge >= 0.3 is 0 Å². The Labute approximate surface area is 142 Å². The molecule has 5 nitrogen and oxygen atoms in total. The number of methoxy groups -OCH3 is 1. The molecular formula is C19H23NO4. The first-order chi connectivity index (χ1) is 11.7. The van der Waals surface area contributed by atoms with E-state index >= 15 is 0 Å². The van der Waals surface area contributed by atoms with Crippen LogP contribution in [0.2, 0.25) is 0 Å². The lowest BCUT2D eigenvalue weighted by Gasteiger charge is -2.18. The largest absolute Gasteiger partial charge is 0.497 e. The van der Waals surface area contributed by atoms with Crippen LogP contribution >= 0.6 is 0 Å². The second kappa shape index (κ2) is 8.82. The van der Waals surface area contributed by atoms with Crippen molar-refractivity contribution >= 4 is 11.6 Å². The highest BCUT2D eigenvalue weighted by atomic mass is 16.5. The Morgan fingerprint density at radius 3 is 2.54 bits per heavy atom. The van der Waals surface area contributed by atoms with Crippen LogP contribution in [0.4, 0.5) is 5.69 Å². The van der Waals surface area contributed by atoms with E-state index in [1.54, 1.807) is 25.3 Å². The molecule has 0 aliphatic carbocycles. The van der Waals surface area contributed by atoms with E-state index in [1.807, 2.05) is 44.2 Å². The molecule has 2 aromatic carbocycles. The monoisotopic (exact) mass is 329 g/mol. The number of para-hydroxylation sites is 2. The number of hydrogen-bond acceptors (Lipinski definition) is 4. The van der Waals surface area contributed by atoms with Crippen molar-refractivity contribution in [3.05, 3.63) is 48.5 Å². The number of amides is 1. The third kappa shape index (κ3) is 4.65. The maximum absolute atomic E-state index is 12.5. The lowest BCUT2D eigenvalue weighted by atomic mass is 10.2. The quantitative estimate of drug-likeness (QED) is 0.798. The summed E-state index contributed by atoms with van der Waals surface area (Å²) in [7, 11) is 1.59. The lowest BCUT2D eigenvalue weighted by molar-refractivity contribution is -0.122. The number of rotatable bonds is 8. The van der Waals surface area contributed by atoms with Gasteiger partial charge in [0, 0.05) is 6.07 Å². The van der Waals surface area contributed by atoms with Crippen LogP contribution in [-0.4, -0.2) is 25.7 Å². The molecule has 5 heteroatoms. The number of ether oxygens (including phenoxy) is 3. The Balaban J connectivity index is 2.08. The first kappa shape index (κ1) is 17.7. The van der Waals surface area contributed by atoms with Gasteiger partial charge < -0.3 is 19.5 Å². The second-order valence-electron chi connectivity index (χ2n) is 5.11. The summed E-state index contributed by atoms with van der Waals surface area (Å²) in [4.78, 5) is 12.5. The number of nitrogens with one attached hydrogen (secondary N) is 1. The maximum atomic E-state index is 12.5. The Hall–Kier alpha value is -2.69. The highest BCUT2D eigenvalue weighted by Gasteiger charge is 2.20. The smallest absolute Gasteiger partial charge is 0.265 e. The predicted octanol–water partition coefficient (Wildman–Crippen LogP) is 3.89. The lowest BCUT2D eigenvalue weighted by Crippen LogP contribution is -2.32. The molecule has 1 atom stereocenters. The summed E-state index contributed by atoms with van der Waals surface area (Å²) in [6, 6.07) is 14.5. The van der Waals surface area contributed by atoms with Gasteiger partial charge in [0.05, 0.1) is 19.4 Å². The summed E-state index contributed by atoms with van der Waals surface area (Å²) >= 11 is 0. The minimum atomic E-state index is -0.605. The molecule has 0 radical (unpaired) electrons. The fourth-order valence-corrected chi connectivity index (χ4v) is 2.23. The maximum Gasteiger partial charge on any atom is 0.265 e. The first-order valence-corrected chi connectivity index (χ1v) is 8.01. The van der Waals surface area contributed by atoms with E-state index in [1.165, 1.54) is 0 Å². The molecule has 0 aromatic heterocycles. The van der Waals surface area contributed by atoms with Gasteiger partial charge in [-0.25, -0.2) is 0 Å². The summed E-state index contributed by atoms with van der Waals surface area (Å²) in [6.07, 6.45) is -0.0633. The van der Waals surface area contributed by atoms with E-state index in [0.717, 1.165) is 0 Å². The fourth-order valence-electron chi connectivity index (χ4n) is 2.23. The molecule has 1 N–H and O–H groups in total. The van der Waals surface area contributed by atoms with E-state index in [2.05, 4.69) is 5.32 Å². The summed E-state index contributed by atoms with van der Waals surface area (Å²) in [5.74, 6) is 1.70. The van der Waals surface area contributed by atoms with Gasteiger partial charge in [0.25, 0.3) is 5.91 Å². The molecule has 0 aliphatic heterocycles. The van der Waals surface area contributed by atoms with Crippen LogP contribution in [0.15, 0.2) is 48.5 Å². The summed E-state index contributed by atoms with van der Waals surface area (Å²) in [5.41, 5.74) is 0.636. The fraction of sp³-hybridized carbons (Fsp3) is 0.316. The van der Waals surface area contributed by atoms with E-state index < -0.39 is 6.10 Å². The molecule has 0 aliphatic rings.